The molecule has 1 heterocycles. The SMILES string of the molecule is COC(=O)C(C)CN(C)c1nc(C)cc(C)n1. The number of ether oxygens (including phenoxy) is 1. The minimum absolute atomic E-state index is 0.200. The van der Waals surface area contributed by atoms with Gasteiger partial charge in [-0.3, -0.25) is 4.79 Å². The van der Waals surface area contributed by atoms with Crippen molar-refractivity contribution in [2.45, 2.75) is 20.8 Å². The number of aryl methyl sites for hydroxylation is 2. The smallest absolute Gasteiger partial charge is 0.310 e. The number of carbonyl (C=O) groups excluding carboxylic acids is 1. The van der Waals surface area contributed by atoms with E-state index in [-0.39, 0.29) is 11.9 Å². The van der Waals surface area contributed by atoms with Gasteiger partial charge in [-0.25, -0.2) is 9.97 Å². The fraction of sp³-hybridized carbons (Fsp3) is 0.583. The molecule has 1 unspecified atom stereocenters. The Morgan fingerprint density at radius 3 is 2.41 bits per heavy atom. The van der Waals surface area contributed by atoms with Gasteiger partial charge in [-0.1, -0.05) is 6.92 Å². The summed E-state index contributed by atoms with van der Waals surface area (Å²) in [6, 6.07) is 1.92. The summed E-state index contributed by atoms with van der Waals surface area (Å²) in [4.78, 5) is 21.9. The van der Waals surface area contributed by atoms with Gasteiger partial charge in [-0.05, 0) is 19.9 Å². The molecule has 94 valence electrons. The number of aromatic nitrogens is 2. The first kappa shape index (κ1) is 13.4. The third-order valence-corrected chi connectivity index (χ3v) is 2.46. The summed E-state index contributed by atoms with van der Waals surface area (Å²) >= 11 is 0. The zero-order valence-corrected chi connectivity index (χ0v) is 11.0. The maximum atomic E-state index is 11.3. The lowest BCUT2D eigenvalue weighted by Crippen LogP contribution is -2.30. The lowest BCUT2D eigenvalue weighted by atomic mass is 10.2. The predicted molar refractivity (Wildman–Crippen MR) is 66.0 cm³/mol. The van der Waals surface area contributed by atoms with Crippen LogP contribution in [0.15, 0.2) is 6.07 Å². The summed E-state index contributed by atoms with van der Waals surface area (Å²) < 4.78 is 4.69. The number of nitrogens with zero attached hydrogens (tertiary/aromatic N) is 3. The summed E-state index contributed by atoms with van der Waals surface area (Å²) in [6.07, 6.45) is 0. The zero-order chi connectivity index (χ0) is 13.0. The van der Waals surface area contributed by atoms with Crippen molar-refractivity contribution in [2.24, 2.45) is 5.92 Å². The number of rotatable bonds is 4. The molecule has 5 heteroatoms. The molecule has 0 aliphatic rings. The molecule has 0 aliphatic carbocycles. The molecule has 1 aromatic rings. The van der Waals surface area contributed by atoms with Crippen LogP contribution in [0.5, 0.6) is 0 Å². The van der Waals surface area contributed by atoms with Gasteiger partial charge < -0.3 is 9.64 Å². The maximum Gasteiger partial charge on any atom is 0.310 e. The van der Waals surface area contributed by atoms with Gasteiger partial charge in [0.25, 0.3) is 0 Å². The molecule has 0 spiro atoms. The van der Waals surface area contributed by atoms with Crippen molar-refractivity contribution in [3.8, 4) is 0 Å². The van der Waals surface area contributed by atoms with Crippen LogP contribution in [0.1, 0.15) is 18.3 Å². The molecule has 0 radical (unpaired) electrons. The highest BCUT2D eigenvalue weighted by Crippen LogP contribution is 2.10. The number of hydrogen-bond acceptors (Lipinski definition) is 5. The minimum atomic E-state index is -0.221. The van der Waals surface area contributed by atoms with E-state index in [1.54, 1.807) is 0 Å². The van der Waals surface area contributed by atoms with E-state index in [1.807, 2.05) is 38.8 Å². The molecule has 0 amide bonds. The molecule has 0 saturated heterocycles. The quantitative estimate of drug-likeness (QED) is 0.740. The van der Waals surface area contributed by atoms with Crippen LogP contribution in [0.3, 0.4) is 0 Å². The van der Waals surface area contributed by atoms with Crippen LogP contribution in [0.4, 0.5) is 5.95 Å². The van der Waals surface area contributed by atoms with Crippen molar-refractivity contribution in [3.05, 3.63) is 17.5 Å². The van der Waals surface area contributed by atoms with Crippen LogP contribution in [0.25, 0.3) is 0 Å². The molecule has 0 fully saturated rings. The molecular weight excluding hydrogens is 218 g/mol. The normalized spacial score (nSPS) is 12.1. The number of carbonyl (C=O) groups is 1. The van der Waals surface area contributed by atoms with Gasteiger partial charge in [0, 0.05) is 25.0 Å². The Hall–Kier alpha value is -1.65. The topological polar surface area (TPSA) is 55.3 Å². The molecule has 17 heavy (non-hydrogen) atoms. The Morgan fingerprint density at radius 1 is 1.41 bits per heavy atom. The van der Waals surface area contributed by atoms with Gasteiger partial charge in [0.15, 0.2) is 0 Å². The second-order valence-corrected chi connectivity index (χ2v) is 4.26. The summed E-state index contributed by atoms with van der Waals surface area (Å²) in [5, 5.41) is 0. The molecule has 1 rings (SSSR count). The average molecular weight is 237 g/mol. The molecule has 5 nitrogen and oxygen atoms in total. The number of anilines is 1. The monoisotopic (exact) mass is 237 g/mol. The van der Waals surface area contributed by atoms with Crippen LogP contribution >= 0.6 is 0 Å². The van der Waals surface area contributed by atoms with Crippen LogP contribution in [0, 0.1) is 19.8 Å². The van der Waals surface area contributed by atoms with Crippen molar-refractivity contribution >= 4 is 11.9 Å². The summed E-state index contributed by atoms with van der Waals surface area (Å²) in [7, 11) is 3.26. The van der Waals surface area contributed by atoms with Crippen molar-refractivity contribution < 1.29 is 9.53 Å². The Morgan fingerprint density at radius 2 is 1.94 bits per heavy atom. The molecule has 0 saturated carbocycles. The lowest BCUT2D eigenvalue weighted by Gasteiger charge is -2.20. The van der Waals surface area contributed by atoms with E-state index in [1.165, 1.54) is 7.11 Å². The lowest BCUT2D eigenvalue weighted by molar-refractivity contribution is -0.144. The minimum Gasteiger partial charge on any atom is -0.469 e. The molecule has 0 aliphatic heterocycles. The molecule has 1 aromatic heterocycles. The molecule has 0 N–H and O–H groups in total. The molecular formula is C12H19N3O2. The Kier molecular flexibility index (Phi) is 4.43. The predicted octanol–water partition coefficient (Wildman–Crippen LogP) is 1.34. The van der Waals surface area contributed by atoms with Gasteiger partial charge in [-0.2, -0.15) is 0 Å². The van der Waals surface area contributed by atoms with E-state index in [4.69, 9.17) is 0 Å². The Labute approximate surface area is 102 Å². The van der Waals surface area contributed by atoms with Crippen LogP contribution < -0.4 is 4.90 Å². The number of methoxy groups -OCH3 is 1. The zero-order valence-electron chi connectivity index (χ0n) is 11.0. The fourth-order valence-electron chi connectivity index (χ4n) is 1.65. The number of hydrogen-bond donors (Lipinski definition) is 0. The van der Waals surface area contributed by atoms with Gasteiger partial charge in [0.2, 0.25) is 5.95 Å². The van der Waals surface area contributed by atoms with Gasteiger partial charge >= 0.3 is 5.97 Å². The third kappa shape index (κ3) is 3.69. The standard InChI is InChI=1S/C12H19N3O2/c1-8(11(16)17-5)7-15(4)12-13-9(2)6-10(3)14-12/h6,8H,7H2,1-5H3. The van der Waals surface area contributed by atoms with Crippen LogP contribution in [-0.2, 0) is 9.53 Å². The third-order valence-electron chi connectivity index (χ3n) is 2.46. The Bertz CT molecular complexity index is 386. The summed E-state index contributed by atoms with van der Waals surface area (Å²) in [6.45, 7) is 6.21. The van der Waals surface area contributed by atoms with Crippen molar-refractivity contribution in [2.75, 3.05) is 25.6 Å². The first-order valence-electron chi connectivity index (χ1n) is 5.55. The first-order chi connectivity index (χ1) is 7.93. The van der Waals surface area contributed by atoms with E-state index < -0.39 is 0 Å². The van der Waals surface area contributed by atoms with Crippen molar-refractivity contribution in [3.63, 3.8) is 0 Å². The largest absolute Gasteiger partial charge is 0.469 e. The summed E-state index contributed by atoms with van der Waals surface area (Å²) in [5.74, 6) is 0.217. The molecule has 1 atom stereocenters. The maximum absolute atomic E-state index is 11.3. The van der Waals surface area contributed by atoms with Gasteiger partial charge in [0.05, 0.1) is 13.0 Å². The second kappa shape index (κ2) is 5.61. The van der Waals surface area contributed by atoms with E-state index in [9.17, 15) is 4.79 Å². The highest BCUT2D eigenvalue weighted by molar-refractivity contribution is 5.72. The highest BCUT2D eigenvalue weighted by Gasteiger charge is 2.17. The van der Waals surface area contributed by atoms with Gasteiger partial charge in [-0.15, -0.1) is 0 Å². The number of esters is 1. The van der Waals surface area contributed by atoms with E-state index in [2.05, 4.69) is 14.7 Å². The molecule has 0 aromatic carbocycles. The second-order valence-electron chi connectivity index (χ2n) is 4.26. The van der Waals surface area contributed by atoms with E-state index in [0.29, 0.717) is 12.5 Å². The average Bonchev–Trinajstić information content (AvgIpc) is 2.26. The van der Waals surface area contributed by atoms with Crippen LogP contribution in [-0.4, -0.2) is 36.6 Å². The highest BCUT2D eigenvalue weighted by atomic mass is 16.5. The first-order valence-corrected chi connectivity index (χ1v) is 5.55. The van der Waals surface area contributed by atoms with Gasteiger partial charge in [0.1, 0.15) is 0 Å². The fourth-order valence-corrected chi connectivity index (χ4v) is 1.65. The van der Waals surface area contributed by atoms with Crippen molar-refractivity contribution in [1.29, 1.82) is 0 Å². The van der Waals surface area contributed by atoms with Crippen LogP contribution in [0.2, 0.25) is 0 Å². The summed E-state index contributed by atoms with van der Waals surface area (Å²) in [5.41, 5.74) is 1.84. The van der Waals surface area contributed by atoms with E-state index in [0.717, 1.165) is 11.4 Å². The Balaban J connectivity index is 2.75. The van der Waals surface area contributed by atoms with Crippen molar-refractivity contribution in [1.82, 2.24) is 9.97 Å². The molecule has 0 bridgehead atoms. The van der Waals surface area contributed by atoms with E-state index >= 15 is 0 Å².